The zero-order valence-electron chi connectivity index (χ0n) is 14.8. The van der Waals surface area contributed by atoms with Crippen molar-refractivity contribution in [2.45, 2.75) is 33.6 Å². The third kappa shape index (κ3) is 4.31. The monoisotopic (exact) mass is 331 g/mol. The molecule has 0 spiro atoms. The van der Waals surface area contributed by atoms with Crippen LogP contribution in [0.2, 0.25) is 0 Å². The summed E-state index contributed by atoms with van der Waals surface area (Å²) >= 11 is 0. The van der Waals surface area contributed by atoms with E-state index < -0.39 is 0 Å². The van der Waals surface area contributed by atoms with Crippen molar-refractivity contribution in [1.29, 1.82) is 0 Å². The quantitative estimate of drug-likeness (QED) is 0.585. The van der Waals surface area contributed by atoms with Gasteiger partial charge in [0.05, 0.1) is 19.2 Å². The van der Waals surface area contributed by atoms with Gasteiger partial charge in [-0.05, 0) is 38.5 Å². The van der Waals surface area contributed by atoms with E-state index in [0.29, 0.717) is 24.5 Å². The molecule has 1 N–H and O–H groups in total. The van der Waals surface area contributed by atoms with Gasteiger partial charge in [-0.2, -0.15) is 0 Å². The summed E-state index contributed by atoms with van der Waals surface area (Å²) in [5.74, 6) is 1.37. The lowest BCUT2D eigenvalue weighted by molar-refractivity contribution is 0.309. The van der Waals surface area contributed by atoms with E-state index in [1.165, 1.54) is 7.11 Å². The highest BCUT2D eigenvalue weighted by molar-refractivity contribution is 5.88. The smallest absolute Gasteiger partial charge is 0.294 e. The number of aromatic nitrogens is 1. The number of hydrogen-bond donors (Lipinski definition) is 1. The fourth-order valence-corrected chi connectivity index (χ4v) is 2.28. The number of rotatable bonds is 8. The molecule has 0 atom stereocenters. The first-order chi connectivity index (χ1) is 11.6. The van der Waals surface area contributed by atoms with Crippen LogP contribution in [0.25, 0.3) is 10.9 Å². The number of nitrogens with one attached hydrogen (secondary N) is 1. The van der Waals surface area contributed by atoms with E-state index in [0.717, 1.165) is 29.6 Å². The van der Waals surface area contributed by atoms with E-state index in [9.17, 15) is 4.79 Å². The van der Waals surface area contributed by atoms with Gasteiger partial charge in [-0.15, -0.1) is 0 Å². The van der Waals surface area contributed by atoms with Crippen LogP contribution in [0, 0.1) is 0 Å². The fourth-order valence-electron chi connectivity index (χ4n) is 2.28. The molecule has 0 bridgehead atoms. The summed E-state index contributed by atoms with van der Waals surface area (Å²) in [5, 5.41) is 0.784. The molecule has 5 heteroatoms. The summed E-state index contributed by atoms with van der Waals surface area (Å²) in [4.78, 5) is 15.2. The number of pyridine rings is 1. The summed E-state index contributed by atoms with van der Waals surface area (Å²) in [7, 11) is 1.54. The number of fused-ring (bicyclic) bond motifs is 1. The lowest BCUT2D eigenvalue weighted by Gasteiger charge is -2.12. The number of methoxy groups -OCH3 is 1. The molecule has 0 saturated carbocycles. The second kappa shape index (κ2) is 8.43. The van der Waals surface area contributed by atoms with Crippen LogP contribution in [0.1, 0.15) is 33.6 Å². The van der Waals surface area contributed by atoms with Crippen molar-refractivity contribution in [3.8, 4) is 17.2 Å². The molecule has 2 rings (SSSR count). The Morgan fingerprint density at radius 3 is 2.67 bits per heavy atom. The van der Waals surface area contributed by atoms with Crippen LogP contribution in [0.5, 0.6) is 17.2 Å². The molecule has 0 saturated heterocycles. The highest BCUT2D eigenvalue weighted by atomic mass is 16.5. The lowest BCUT2D eigenvalue weighted by Crippen LogP contribution is -2.13. The molecule has 24 heavy (non-hydrogen) atoms. The predicted octanol–water partition coefficient (Wildman–Crippen LogP) is 4.06. The summed E-state index contributed by atoms with van der Waals surface area (Å²) in [6, 6.07) is 5.56. The Hall–Kier alpha value is -2.43. The second-order valence-electron chi connectivity index (χ2n) is 5.82. The number of H-pyrrole nitrogens is 1. The van der Waals surface area contributed by atoms with E-state index in [1.54, 1.807) is 0 Å². The number of unbranched alkanes of at least 4 members (excludes halogenated alkanes) is 1. The Morgan fingerprint density at radius 1 is 1.21 bits per heavy atom. The van der Waals surface area contributed by atoms with Gasteiger partial charge in [0, 0.05) is 11.5 Å². The van der Waals surface area contributed by atoms with Gasteiger partial charge in [-0.1, -0.05) is 18.9 Å². The molecule has 0 aliphatic carbocycles. The van der Waals surface area contributed by atoms with Crippen molar-refractivity contribution >= 4 is 10.9 Å². The number of hydrogen-bond acceptors (Lipinski definition) is 4. The topological polar surface area (TPSA) is 60.6 Å². The average molecular weight is 331 g/mol. The Balaban J connectivity index is 2.36. The maximum atomic E-state index is 12.3. The standard InChI is InChI=1S/C19H25NO4/c1-5-6-10-23-14-7-8-15-16(12-14)20-19(21)18(17(15)22-4)24-11-9-13(2)3/h7-9,12H,5-6,10-11H2,1-4H3,(H,20,21). The first-order valence-corrected chi connectivity index (χ1v) is 8.19. The molecule has 0 fully saturated rings. The molecule has 0 unspecified atom stereocenters. The van der Waals surface area contributed by atoms with Crippen molar-refractivity contribution in [2.24, 2.45) is 0 Å². The van der Waals surface area contributed by atoms with Gasteiger partial charge in [0.15, 0.2) is 5.75 Å². The largest absolute Gasteiger partial charge is 0.494 e. The van der Waals surface area contributed by atoms with E-state index >= 15 is 0 Å². The van der Waals surface area contributed by atoms with Crippen molar-refractivity contribution < 1.29 is 14.2 Å². The third-order valence-corrected chi connectivity index (χ3v) is 3.59. The van der Waals surface area contributed by atoms with Gasteiger partial charge in [-0.25, -0.2) is 0 Å². The molecule has 1 aromatic carbocycles. The van der Waals surface area contributed by atoms with E-state index in [-0.39, 0.29) is 11.3 Å². The van der Waals surface area contributed by atoms with Gasteiger partial charge < -0.3 is 19.2 Å². The molecule has 5 nitrogen and oxygen atoms in total. The highest BCUT2D eigenvalue weighted by Gasteiger charge is 2.15. The van der Waals surface area contributed by atoms with Crippen LogP contribution in [-0.2, 0) is 0 Å². The Morgan fingerprint density at radius 2 is 2.00 bits per heavy atom. The zero-order valence-corrected chi connectivity index (χ0v) is 14.8. The minimum atomic E-state index is -0.313. The summed E-state index contributed by atoms with van der Waals surface area (Å²) in [6.07, 6.45) is 3.98. The minimum absolute atomic E-state index is 0.196. The molecular weight excluding hydrogens is 306 g/mol. The van der Waals surface area contributed by atoms with Gasteiger partial charge in [0.25, 0.3) is 5.56 Å². The summed E-state index contributed by atoms with van der Waals surface area (Å²) in [6.45, 7) is 7.05. The summed E-state index contributed by atoms with van der Waals surface area (Å²) < 4.78 is 16.7. The van der Waals surface area contributed by atoms with Crippen molar-refractivity contribution in [3.05, 3.63) is 40.2 Å². The Kier molecular flexibility index (Phi) is 6.29. The predicted molar refractivity (Wildman–Crippen MR) is 96.4 cm³/mol. The van der Waals surface area contributed by atoms with Gasteiger partial charge in [0.2, 0.25) is 5.75 Å². The first-order valence-electron chi connectivity index (χ1n) is 8.19. The van der Waals surface area contributed by atoms with Crippen LogP contribution in [-0.4, -0.2) is 25.3 Å². The Bertz CT molecular complexity index is 773. The molecule has 0 amide bonds. The molecule has 0 aliphatic rings. The third-order valence-electron chi connectivity index (χ3n) is 3.59. The molecule has 1 heterocycles. The van der Waals surface area contributed by atoms with E-state index in [4.69, 9.17) is 14.2 Å². The Labute approximate surface area is 142 Å². The summed E-state index contributed by atoms with van der Waals surface area (Å²) in [5.41, 5.74) is 1.48. The minimum Gasteiger partial charge on any atom is -0.494 e. The normalized spacial score (nSPS) is 10.5. The first kappa shape index (κ1) is 17.9. The van der Waals surface area contributed by atoms with Gasteiger partial charge >= 0.3 is 0 Å². The zero-order chi connectivity index (χ0) is 17.5. The molecule has 0 radical (unpaired) electrons. The van der Waals surface area contributed by atoms with Crippen molar-refractivity contribution in [3.63, 3.8) is 0 Å². The van der Waals surface area contributed by atoms with Crippen LogP contribution in [0.4, 0.5) is 0 Å². The maximum absolute atomic E-state index is 12.3. The fraction of sp³-hybridized carbons (Fsp3) is 0.421. The lowest BCUT2D eigenvalue weighted by atomic mass is 10.2. The highest BCUT2D eigenvalue weighted by Crippen LogP contribution is 2.33. The maximum Gasteiger partial charge on any atom is 0.294 e. The van der Waals surface area contributed by atoms with Crippen LogP contribution in [0.3, 0.4) is 0 Å². The van der Waals surface area contributed by atoms with Crippen LogP contribution < -0.4 is 19.8 Å². The van der Waals surface area contributed by atoms with Crippen molar-refractivity contribution in [2.75, 3.05) is 20.3 Å². The molecule has 0 aliphatic heterocycles. The second-order valence-corrected chi connectivity index (χ2v) is 5.82. The van der Waals surface area contributed by atoms with E-state index in [2.05, 4.69) is 11.9 Å². The molecular formula is C19H25NO4. The van der Waals surface area contributed by atoms with Crippen molar-refractivity contribution in [1.82, 2.24) is 4.98 Å². The average Bonchev–Trinajstić information content (AvgIpc) is 2.55. The number of benzene rings is 1. The number of aromatic amines is 1. The molecule has 2 aromatic rings. The van der Waals surface area contributed by atoms with Crippen LogP contribution >= 0.6 is 0 Å². The SMILES string of the molecule is CCCCOc1ccc2c(OC)c(OCC=C(C)C)c(=O)[nH]c2c1. The molecule has 130 valence electrons. The van der Waals surface area contributed by atoms with E-state index in [1.807, 2.05) is 38.1 Å². The number of ether oxygens (including phenoxy) is 3. The molecule has 1 aromatic heterocycles. The number of allylic oxidation sites excluding steroid dienone is 1. The van der Waals surface area contributed by atoms with Gasteiger partial charge in [0.1, 0.15) is 12.4 Å². The van der Waals surface area contributed by atoms with Gasteiger partial charge in [-0.3, -0.25) is 4.79 Å². The van der Waals surface area contributed by atoms with Crippen LogP contribution in [0.15, 0.2) is 34.6 Å².